The molecule has 1 unspecified atom stereocenters. The van der Waals surface area contributed by atoms with Gasteiger partial charge in [0.05, 0.1) is 7.11 Å². The van der Waals surface area contributed by atoms with Crippen molar-refractivity contribution in [3.05, 3.63) is 0 Å². The van der Waals surface area contributed by atoms with Crippen LogP contribution in [0.1, 0.15) is 60.3 Å². The van der Waals surface area contributed by atoms with Gasteiger partial charge in [-0.05, 0) is 46.4 Å². The molecule has 3 aliphatic heterocycles. The number of rotatable bonds is 3. The second-order valence-corrected chi connectivity index (χ2v) is 7.89. The number of nitrogens with zero attached hydrogens (tertiary/aromatic N) is 4. The molecule has 3 fully saturated rings. The minimum atomic E-state index is -0.457. The van der Waals surface area contributed by atoms with E-state index in [4.69, 9.17) is 0 Å². The number of piperidine rings is 1. The minimum Gasteiger partial charge on any atom is -0.340 e. The Balaban J connectivity index is 0.000000523. The number of amides is 3. The number of hydrogen-bond donors (Lipinski definition) is 1. The van der Waals surface area contributed by atoms with Crippen LogP contribution in [0.25, 0.3) is 0 Å². The molecule has 188 valence electrons. The Morgan fingerprint density at radius 1 is 0.938 bits per heavy atom. The van der Waals surface area contributed by atoms with Gasteiger partial charge in [0.2, 0.25) is 11.8 Å². The van der Waals surface area contributed by atoms with E-state index in [9.17, 15) is 14.4 Å². The minimum absolute atomic E-state index is 0.0839. The molecular weight excluding hydrogens is 410 g/mol. The quantitative estimate of drug-likeness (QED) is 0.648. The lowest BCUT2D eigenvalue weighted by Gasteiger charge is -2.38. The molecule has 9 nitrogen and oxygen atoms in total. The highest BCUT2D eigenvalue weighted by Gasteiger charge is 2.32. The average Bonchev–Trinajstić information content (AvgIpc) is 3.23. The van der Waals surface area contributed by atoms with E-state index < -0.39 is 6.04 Å². The molecule has 9 heteroatoms. The van der Waals surface area contributed by atoms with E-state index in [2.05, 4.69) is 27.2 Å². The standard InChI is InChI=1S/C10H18N2O.C9H17N3O3.2C2H6/c1-11-7-4-9(5-8-11)12-6-2-3-10(12)13;1-7(13)12-5-4-11(2)6-8(12)9(14)10-15-3;2*1-2/h9H,2-8H2,1H3;8H,4-6H2,1-3H3,(H,10,14);2*1-2H3. The maximum atomic E-state index is 11.6. The SMILES string of the molecule is CC.CC.CN1CCC(N2CCCC2=O)CC1.CONC(=O)C1CN(C)CCN1C(C)=O. The predicted octanol–water partition coefficient (Wildman–Crippen LogP) is 1.58. The van der Waals surface area contributed by atoms with Gasteiger partial charge in [0.1, 0.15) is 6.04 Å². The molecule has 0 aromatic rings. The van der Waals surface area contributed by atoms with E-state index in [0.717, 1.165) is 39.0 Å². The molecule has 3 saturated heterocycles. The normalized spacial score (nSPS) is 22.0. The van der Waals surface area contributed by atoms with Crippen molar-refractivity contribution in [1.29, 1.82) is 0 Å². The van der Waals surface area contributed by atoms with Gasteiger partial charge in [-0.2, -0.15) is 0 Å². The molecule has 1 N–H and O–H groups in total. The summed E-state index contributed by atoms with van der Waals surface area (Å²) in [5, 5.41) is 0. The van der Waals surface area contributed by atoms with Crippen LogP contribution in [0.2, 0.25) is 0 Å². The zero-order valence-electron chi connectivity index (χ0n) is 21.6. The zero-order chi connectivity index (χ0) is 24.7. The second-order valence-electron chi connectivity index (χ2n) is 7.89. The Bertz CT molecular complexity index is 553. The zero-order valence-corrected chi connectivity index (χ0v) is 21.6. The lowest BCUT2D eigenvalue weighted by atomic mass is 10.0. The van der Waals surface area contributed by atoms with E-state index >= 15 is 0 Å². The van der Waals surface area contributed by atoms with Crippen LogP contribution in [0.4, 0.5) is 0 Å². The molecule has 0 aromatic heterocycles. The largest absolute Gasteiger partial charge is 0.340 e. The van der Waals surface area contributed by atoms with Crippen molar-refractivity contribution >= 4 is 17.7 Å². The highest BCUT2D eigenvalue weighted by Crippen LogP contribution is 2.21. The number of likely N-dealkylation sites (tertiary alicyclic amines) is 2. The molecule has 3 amide bonds. The first-order valence-corrected chi connectivity index (χ1v) is 12.1. The Labute approximate surface area is 195 Å². The van der Waals surface area contributed by atoms with Gasteiger partial charge in [-0.3, -0.25) is 19.2 Å². The van der Waals surface area contributed by atoms with Gasteiger partial charge in [-0.25, -0.2) is 5.48 Å². The molecule has 3 heterocycles. The van der Waals surface area contributed by atoms with Gasteiger partial charge < -0.3 is 19.6 Å². The summed E-state index contributed by atoms with van der Waals surface area (Å²) >= 11 is 0. The molecule has 0 radical (unpaired) electrons. The molecule has 32 heavy (non-hydrogen) atoms. The van der Waals surface area contributed by atoms with Gasteiger partial charge >= 0.3 is 0 Å². The van der Waals surface area contributed by atoms with Gasteiger partial charge in [-0.1, -0.05) is 27.7 Å². The molecule has 0 saturated carbocycles. The highest BCUT2D eigenvalue weighted by atomic mass is 16.6. The van der Waals surface area contributed by atoms with Crippen LogP contribution in [-0.2, 0) is 19.2 Å². The van der Waals surface area contributed by atoms with Crippen molar-refractivity contribution in [2.45, 2.75) is 72.4 Å². The van der Waals surface area contributed by atoms with Crippen LogP contribution in [-0.4, -0.2) is 110 Å². The lowest BCUT2D eigenvalue weighted by molar-refractivity contribution is -0.147. The maximum absolute atomic E-state index is 11.6. The first kappa shape index (κ1) is 30.3. The lowest BCUT2D eigenvalue weighted by Crippen LogP contribution is -2.59. The van der Waals surface area contributed by atoms with Crippen molar-refractivity contribution in [2.75, 3.05) is 60.5 Å². The highest BCUT2D eigenvalue weighted by molar-refractivity contribution is 5.86. The Morgan fingerprint density at radius 2 is 1.53 bits per heavy atom. The third-order valence-corrected chi connectivity index (χ3v) is 5.73. The summed E-state index contributed by atoms with van der Waals surface area (Å²) in [5.41, 5.74) is 2.26. The average molecular weight is 458 g/mol. The number of nitrogens with one attached hydrogen (secondary N) is 1. The molecule has 3 aliphatic rings. The van der Waals surface area contributed by atoms with Crippen molar-refractivity contribution in [1.82, 2.24) is 25.1 Å². The summed E-state index contributed by atoms with van der Waals surface area (Å²) in [6.07, 6.45) is 4.20. The fourth-order valence-corrected chi connectivity index (χ4v) is 4.05. The summed E-state index contributed by atoms with van der Waals surface area (Å²) in [6.45, 7) is 14.7. The van der Waals surface area contributed by atoms with Gasteiger partial charge in [0, 0.05) is 45.6 Å². The molecule has 1 atom stereocenters. The molecule has 0 aliphatic carbocycles. The predicted molar refractivity (Wildman–Crippen MR) is 128 cm³/mol. The number of hydrogen-bond acceptors (Lipinski definition) is 6. The monoisotopic (exact) mass is 457 g/mol. The first-order valence-electron chi connectivity index (χ1n) is 12.1. The van der Waals surface area contributed by atoms with Crippen molar-refractivity contribution in [3.63, 3.8) is 0 Å². The topological polar surface area (TPSA) is 85.4 Å². The third kappa shape index (κ3) is 9.83. The number of carbonyl (C=O) groups is 3. The molecule has 0 bridgehead atoms. The van der Waals surface area contributed by atoms with Gasteiger partial charge in [0.15, 0.2) is 0 Å². The maximum Gasteiger partial charge on any atom is 0.267 e. The van der Waals surface area contributed by atoms with Crippen LogP contribution in [0.3, 0.4) is 0 Å². The number of hydroxylamine groups is 1. The summed E-state index contributed by atoms with van der Waals surface area (Å²) in [7, 11) is 5.45. The number of carbonyl (C=O) groups excluding carboxylic acids is 3. The summed E-state index contributed by atoms with van der Waals surface area (Å²) in [6, 6.07) is 0.0902. The molecular formula is C23H47N5O4. The Kier molecular flexibility index (Phi) is 16.0. The van der Waals surface area contributed by atoms with E-state index in [1.807, 2.05) is 39.6 Å². The van der Waals surface area contributed by atoms with Crippen LogP contribution >= 0.6 is 0 Å². The number of piperazine rings is 1. The van der Waals surface area contributed by atoms with E-state index in [0.29, 0.717) is 25.0 Å². The van der Waals surface area contributed by atoms with Crippen LogP contribution < -0.4 is 5.48 Å². The molecule has 3 rings (SSSR count). The molecule has 0 aromatic carbocycles. The Morgan fingerprint density at radius 3 is 2.00 bits per heavy atom. The van der Waals surface area contributed by atoms with Crippen molar-refractivity contribution in [2.24, 2.45) is 0 Å². The fraction of sp³-hybridized carbons (Fsp3) is 0.870. The van der Waals surface area contributed by atoms with Gasteiger partial charge in [0.25, 0.3) is 5.91 Å². The molecule has 0 spiro atoms. The van der Waals surface area contributed by atoms with E-state index in [-0.39, 0.29) is 11.8 Å². The summed E-state index contributed by atoms with van der Waals surface area (Å²) in [5.74, 6) is 0.0214. The Hall–Kier alpha value is -1.71. The fourth-order valence-electron chi connectivity index (χ4n) is 4.05. The van der Waals surface area contributed by atoms with Gasteiger partial charge in [-0.15, -0.1) is 0 Å². The van der Waals surface area contributed by atoms with Crippen molar-refractivity contribution < 1.29 is 19.2 Å². The second kappa shape index (κ2) is 16.9. The van der Waals surface area contributed by atoms with Crippen LogP contribution in [0.5, 0.6) is 0 Å². The first-order chi connectivity index (χ1) is 15.3. The smallest absolute Gasteiger partial charge is 0.267 e. The summed E-state index contributed by atoms with van der Waals surface area (Å²) in [4.78, 5) is 47.0. The van der Waals surface area contributed by atoms with E-state index in [1.165, 1.54) is 26.9 Å². The summed E-state index contributed by atoms with van der Waals surface area (Å²) < 4.78 is 0. The third-order valence-electron chi connectivity index (χ3n) is 5.73. The van der Waals surface area contributed by atoms with Crippen molar-refractivity contribution in [3.8, 4) is 0 Å². The number of likely N-dealkylation sites (N-methyl/N-ethyl adjacent to an activating group) is 1. The van der Waals surface area contributed by atoms with Crippen LogP contribution in [0, 0.1) is 0 Å². The van der Waals surface area contributed by atoms with E-state index in [1.54, 1.807) is 4.90 Å². The van der Waals surface area contributed by atoms with Crippen LogP contribution in [0.15, 0.2) is 0 Å².